The average molecular weight is 412 g/mol. The summed E-state index contributed by atoms with van der Waals surface area (Å²) < 4.78 is 0.648. The first-order chi connectivity index (χ1) is 8.76. The van der Waals surface area contributed by atoms with Crippen LogP contribution in [0.2, 0.25) is 19.6 Å². The first-order valence-electron chi connectivity index (χ1n) is 6.00. The van der Waals surface area contributed by atoms with Crippen molar-refractivity contribution in [1.82, 2.24) is 9.88 Å². The fourth-order valence-electron chi connectivity index (χ4n) is 2.25. The molecule has 2 rings (SSSR count). The highest BCUT2D eigenvalue weighted by atomic mass is 127. The number of carbonyl (C=O) groups excluding carboxylic acids is 1. The van der Waals surface area contributed by atoms with Crippen molar-refractivity contribution in [3.63, 3.8) is 0 Å². The number of carboxylic acids is 1. The molecular weight excluding hydrogens is 395 g/mol. The smallest absolute Gasteiger partial charge is 0.352 e. The number of aliphatic carboxylic acids is 1. The molecule has 0 saturated carbocycles. The lowest BCUT2D eigenvalue weighted by atomic mass is 10.0. The summed E-state index contributed by atoms with van der Waals surface area (Å²) in [6, 6.07) is -0.221. The number of rotatable bonds is 4. The largest absolute Gasteiger partial charge is 0.477 e. The molecule has 106 valence electrons. The van der Waals surface area contributed by atoms with E-state index in [9.17, 15) is 14.7 Å². The molecule has 19 heavy (non-hydrogen) atoms. The molecule has 0 aliphatic carbocycles. The molecule has 1 saturated heterocycles. The third-order valence-corrected chi connectivity index (χ3v) is 6.44. The van der Waals surface area contributed by atoms with Gasteiger partial charge in [0.25, 0.3) is 0 Å². The van der Waals surface area contributed by atoms with Crippen molar-refractivity contribution in [3.05, 3.63) is 11.3 Å². The molecule has 5 nitrogen and oxygen atoms in total. The zero-order valence-electron chi connectivity index (χ0n) is 11.1. The first-order valence-corrected chi connectivity index (χ1v) is 12.1. The number of nitrogens with zero attached hydrogens (tertiary/aromatic N) is 1. The highest BCUT2D eigenvalue weighted by Crippen LogP contribution is 2.41. The topological polar surface area (TPSA) is 69.6 Å². The van der Waals surface area contributed by atoms with E-state index in [4.69, 9.17) is 0 Å². The third kappa shape index (κ3) is 2.86. The summed E-state index contributed by atoms with van der Waals surface area (Å²) in [6.45, 7) is 6.42. The second kappa shape index (κ2) is 5.38. The molecule has 1 unspecified atom stereocenters. The maximum atomic E-state index is 12.2. The zero-order valence-corrected chi connectivity index (χ0v) is 15.0. The summed E-state index contributed by atoms with van der Waals surface area (Å²) >= 11 is 3.81. The van der Waals surface area contributed by atoms with E-state index in [1.807, 2.05) is 0 Å². The number of carbonyl (C=O) groups is 2. The van der Waals surface area contributed by atoms with Crippen molar-refractivity contribution < 1.29 is 14.7 Å². The van der Waals surface area contributed by atoms with E-state index < -0.39 is 14.2 Å². The summed E-state index contributed by atoms with van der Waals surface area (Å²) in [6.07, 6.45) is 0. The van der Waals surface area contributed by atoms with Crippen LogP contribution in [0, 0.1) is 0 Å². The summed E-state index contributed by atoms with van der Waals surface area (Å²) in [5.74, 6) is -0.390. The van der Waals surface area contributed by atoms with Crippen LogP contribution in [0.25, 0.3) is 0 Å². The molecule has 2 heterocycles. The number of β-lactam (4-membered cyclic amide) rings is 1. The Morgan fingerprint density at radius 2 is 2.21 bits per heavy atom. The number of nitrogens with one attached hydrogen (secondary N) is 1. The molecule has 2 aliphatic heterocycles. The Balaban J connectivity index is 2.24. The van der Waals surface area contributed by atoms with Crippen LogP contribution in [0.1, 0.15) is 0 Å². The van der Waals surface area contributed by atoms with Crippen molar-refractivity contribution >= 4 is 54.5 Å². The lowest BCUT2D eigenvalue weighted by molar-refractivity contribution is -0.148. The molecule has 8 heteroatoms. The van der Waals surface area contributed by atoms with Gasteiger partial charge < -0.3 is 10.1 Å². The number of amides is 1. The van der Waals surface area contributed by atoms with Gasteiger partial charge in [0.2, 0.25) is 5.91 Å². The van der Waals surface area contributed by atoms with Crippen LogP contribution >= 0.6 is 34.4 Å². The van der Waals surface area contributed by atoms with Gasteiger partial charge in [0.05, 0.1) is 0 Å². The standard InChI is InChI=1S/C11H17IN2O3SSi/c1-19(2,3)13-7-9(15)14-8(11(16)17)6(4-12)5-18-10(7)14/h7,10,13H,4-5H2,1-3H3,(H,16,17)/t7?,10-/m0/s1. The van der Waals surface area contributed by atoms with Crippen LogP contribution in [-0.2, 0) is 9.59 Å². The van der Waals surface area contributed by atoms with Gasteiger partial charge in [-0.2, -0.15) is 0 Å². The number of fused-ring (bicyclic) bond motifs is 1. The van der Waals surface area contributed by atoms with E-state index in [1.54, 1.807) is 11.8 Å². The van der Waals surface area contributed by atoms with Crippen LogP contribution in [0.4, 0.5) is 0 Å². The van der Waals surface area contributed by atoms with Gasteiger partial charge in [0.15, 0.2) is 0 Å². The monoisotopic (exact) mass is 412 g/mol. The Labute approximate surface area is 131 Å². The summed E-state index contributed by atoms with van der Waals surface area (Å²) in [5, 5.41) is 9.26. The SMILES string of the molecule is C[Si](C)(C)NC1C(=O)N2C(C(=O)O)=C(CI)CS[C@@H]12. The molecule has 2 atom stereocenters. The van der Waals surface area contributed by atoms with E-state index in [-0.39, 0.29) is 23.0 Å². The Hall–Kier alpha value is -0.0631. The molecule has 2 aliphatic rings. The van der Waals surface area contributed by atoms with Gasteiger partial charge in [-0.15, -0.1) is 11.8 Å². The number of thioether (sulfide) groups is 1. The van der Waals surface area contributed by atoms with E-state index in [1.165, 1.54) is 4.90 Å². The van der Waals surface area contributed by atoms with Crippen LogP contribution < -0.4 is 4.98 Å². The number of halogens is 1. The summed E-state index contributed by atoms with van der Waals surface area (Å²) in [5.41, 5.74) is 1.05. The van der Waals surface area contributed by atoms with Crippen molar-refractivity contribution in [2.75, 3.05) is 10.2 Å². The minimum absolute atomic E-state index is 0.0583. The second-order valence-electron chi connectivity index (χ2n) is 5.67. The minimum atomic E-state index is -1.56. The van der Waals surface area contributed by atoms with E-state index in [0.717, 1.165) is 5.57 Å². The average Bonchev–Trinajstić information content (AvgIpc) is 2.32. The van der Waals surface area contributed by atoms with Gasteiger partial charge in [-0.1, -0.05) is 42.2 Å². The molecular formula is C11H17IN2O3SSi. The first kappa shape index (κ1) is 15.3. The quantitative estimate of drug-likeness (QED) is 0.317. The van der Waals surface area contributed by atoms with Gasteiger partial charge >= 0.3 is 5.97 Å². The highest BCUT2D eigenvalue weighted by molar-refractivity contribution is 14.1. The lowest BCUT2D eigenvalue weighted by Crippen LogP contribution is -2.73. The predicted molar refractivity (Wildman–Crippen MR) is 86.9 cm³/mol. The van der Waals surface area contributed by atoms with Gasteiger partial charge in [-0.3, -0.25) is 9.69 Å². The van der Waals surface area contributed by atoms with Gasteiger partial charge in [-0.25, -0.2) is 4.79 Å². The molecule has 2 N–H and O–H groups in total. The molecule has 0 aromatic carbocycles. The summed E-state index contributed by atoms with van der Waals surface area (Å²) in [4.78, 5) is 28.5. The number of carboxylic acid groups (broad SMARTS) is 1. The Kier molecular flexibility index (Phi) is 4.34. The molecule has 0 aromatic rings. The minimum Gasteiger partial charge on any atom is -0.477 e. The Morgan fingerprint density at radius 1 is 1.58 bits per heavy atom. The maximum absolute atomic E-state index is 12.2. The third-order valence-electron chi connectivity index (χ3n) is 3.00. The van der Waals surface area contributed by atoms with Gasteiger partial charge in [0.1, 0.15) is 25.3 Å². The van der Waals surface area contributed by atoms with Gasteiger partial charge in [0, 0.05) is 10.2 Å². The summed E-state index contributed by atoms with van der Waals surface area (Å²) in [7, 11) is -1.56. The number of hydrogen-bond acceptors (Lipinski definition) is 4. The Morgan fingerprint density at radius 3 is 2.68 bits per heavy atom. The molecule has 0 bridgehead atoms. The second-order valence-corrected chi connectivity index (χ2v) is 12.3. The fraction of sp³-hybridized carbons (Fsp3) is 0.636. The lowest BCUT2D eigenvalue weighted by Gasteiger charge is -2.51. The van der Waals surface area contributed by atoms with Crippen molar-refractivity contribution in [2.45, 2.75) is 31.1 Å². The number of hydrogen-bond donors (Lipinski definition) is 2. The van der Waals surface area contributed by atoms with E-state index in [0.29, 0.717) is 10.2 Å². The van der Waals surface area contributed by atoms with Crippen molar-refractivity contribution in [2.24, 2.45) is 0 Å². The fourth-order valence-corrected chi connectivity index (χ4v) is 5.93. The molecule has 0 radical (unpaired) electrons. The van der Waals surface area contributed by atoms with Crippen LogP contribution in [0.5, 0.6) is 0 Å². The van der Waals surface area contributed by atoms with E-state index >= 15 is 0 Å². The van der Waals surface area contributed by atoms with Crippen molar-refractivity contribution in [1.29, 1.82) is 0 Å². The van der Waals surface area contributed by atoms with Crippen LogP contribution in [0.3, 0.4) is 0 Å². The van der Waals surface area contributed by atoms with Crippen LogP contribution in [-0.4, -0.2) is 51.7 Å². The normalized spacial score (nSPS) is 27.2. The van der Waals surface area contributed by atoms with E-state index in [2.05, 4.69) is 47.2 Å². The zero-order chi connectivity index (χ0) is 14.4. The van der Waals surface area contributed by atoms with Crippen molar-refractivity contribution in [3.8, 4) is 0 Å². The number of alkyl halides is 1. The molecule has 1 amide bonds. The maximum Gasteiger partial charge on any atom is 0.352 e. The predicted octanol–water partition coefficient (Wildman–Crippen LogP) is 1.47. The Bertz CT molecular complexity index is 463. The van der Waals surface area contributed by atoms with Gasteiger partial charge in [-0.05, 0) is 5.57 Å². The highest BCUT2D eigenvalue weighted by Gasteiger charge is 2.54. The van der Waals surface area contributed by atoms with Crippen LogP contribution in [0.15, 0.2) is 11.3 Å². The molecule has 1 fully saturated rings. The molecule has 0 aromatic heterocycles. The molecule has 0 spiro atoms.